The van der Waals surface area contributed by atoms with Crippen LogP contribution in [0.15, 0.2) is 71.6 Å². The van der Waals surface area contributed by atoms with Gasteiger partial charge < -0.3 is 5.32 Å². The van der Waals surface area contributed by atoms with Crippen molar-refractivity contribution < 1.29 is 21.6 Å². The lowest BCUT2D eigenvalue weighted by molar-refractivity contribution is -0.116. The zero-order valence-corrected chi connectivity index (χ0v) is 21.9. The number of hydrogen-bond donors (Lipinski definition) is 2. The van der Waals surface area contributed by atoms with Crippen LogP contribution in [0.3, 0.4) is 0 Å². The van der Waals surface area contributed by atoms with Gasteiger partial charge in [0.15, 0.2) is 0 Å². The molecule has 3 rings (SSSR count). The maximum atomic E-state index is 13.0. The zero-order chi connectivity index (χ0) is 26.0. The molecule has 1 atom stereocenters. The van der Waals surface area contributed by atoms with Crippen molar-refractivity contribution in [2.45, 2.75) is 38.6 Å². The number of carbonyl (C=O) groups is 1. The van der Waals surface area contributed by atoms with Crippen LogP contribution in [0.5, 0.6) is 0 Å². The molecule has 1 unspecified atom stereocenters. The number of hydrogen-bond acceptors (Lipinski definition) is 5. The number of aryl methyl sites for hydroxylation is 3. The van der Waals surface area contributed by atoms with Crippen molar-refractivity contribution in [3.63, 3.8) is 0 Å². The Morgan fingerprint density at radius 2 is 1.46 bits per heavy atom. The Morgan fingerprint density at radius 3 is 2.06 bits per heavy atom. The van der Waals surface area contributed by atoms with Crippen molar-refractivity contribution in [1.82, 2.24) is 0 Å². The second-order valence-electron chi connectivity index (χ2n) is 8.51. The van der Waals surface area contributed by atoms with E-state index in [1.807, 2.05) is 26.0 Å². The summed E-state index contributed by atoms with van der Waals surface area (Å²) in [6, 6.07) is 17.0. The summed E-state index contributed by atoms with van der Waals surface area (Å²) in [6.07, 6.45) is 1.05. The molecule has 35 heavy (non-hydrogen) atoms. The Labute approximate surface area is 207 Å². The van der Waals surface area contributed by atoms with Crippen LogP contribution >= 0.6 is 0 Å². The van der Waals surface area contributed by atoms with E-state index in [0.29, 0.717) is 17.1 Å². The number of anilines is 3. The smallest absolute Gasteiger partial charge is 0.261 e. The molecule has 0 aliphatic heterocycles. The van der Waals surface area contributed by atoms with Crippen molar-refractivity contribution in [1.29, 1.82) is 0 Å². The lowest BCUT2D eigenvalue weighted by Gasteiger charge is -2.29. The van der Waals surface area contributed by atoms with Gasteiger partial charge in [0.1, 0.15) is 6.04 Å². The van der Waals surface area contributed by atoms with Crippen molar-refractivity contribution >= 4 is 43.0 Å². The molecular weight excluding hydrogens is 486 g/mol. The van der Waals surface area contributed by atoms with Crippen LogP contribution in [-0.4, -0.2) is 35.0 Å². The van der Waals surface area contributed by atoms with E-state index in [2.05, 4.69) is 10.0 Å². The summed E-state index contributed by atoms with van der Waals surface area (Å²) < 4.78 is 54.2. The summed E-state index contributed by atoms with van der Waals surface area (Å²) in [5.41, 5.74) is 3.72. The molecule has 8 nitrogen and oxygen atoms in total. The highest BCUT2D eigenvalue weighted by molar-refractivity contribution is 7.92. The van der Waals surface area contributed by atoms with Crippen LogP contribution in [0.4, 0.5) is 17.1 Å². The summed E-state index contributed by atoms with van der Waals surface area (Å²) in [5, 5.41) is 2.67. The molecule has 0 aliphatic rings. The van der Waals surface area contributed by atoms with Gasteiger partial charge in [0, 0.05) is 11.4 Å². The van der Waals surface area contributed by atoms with E-state index in [-0.39, 0.29) is 4.90 Å². The molecule has 3 aromatic carbocycles. The van der Waals surface area contributed by atoms with Crippen LogP contribution in [0.25, 0.3) is 0 Å². The van der Waals surface area contributed by atoms with Crippen LogP contribution in [0, 0.1) is 20.8 Å². The monoisotopic (exact) mass is 515 g/mol. The van der Waals surface area contributed by atoms with Gasteiger partial charge in [-0.3, -0.25) is 13.8 Å². The largest absolute Gasteiger partial charge is 0.324 e. The molecule has 0 saturated heterocycles. The number of sulfonamides is 2. The minimum atomic E-state index is -3.82. The van der Waals surface area contributed by atoms with Crippen molar-refractivity contribution in [3.8, 4) is 0 Å². The molecule has 0 aliphatic carbocycles. The quantitative estimate of drug-likeness (QED) is 0.467. The van der Waals surface area contributed by atoms with Crippen molar-refractivity contribution in [2.75, 3.05) is 20.6 Å². The third-order valence-corrected chi connectivity index (χ3v) is 8.02. The minimum absolute atomic E-state index is 0.0261. The Hall–Kier alpha value is -3.37. The molecule has 2 N–H and O–H groups in total. The molecule has 0 aromatic heterocycles. The van der Waals surface area contributed by atoms with Crippen LogP contribution in [-0.2, 0) is 24.8 Å². The standard InChI is InChI=1S/C25H29N3O5S2/c1-17-7-6-8-22(15-17)27-35(32,33)23-13-11-21(12-14-23)26-25(29)20(4)28(34(5,30)31)24-16-18(2)9-10-19(24)3/h6-16,20,27H,1-5H3,(H,26,29). The van der Waals surface area contributed by atoms with E-state index in [4.69, 9.17) is 0 Å². The van der Waals surface area contributed by atoms with Gasteiger partial charge >= 0.3 is 0 Å². The number of nitrogens with one attached hydrogen (secondary N) is 2. The van der Waals surface area contributed by atoms with Gasteiger partial charge in [0.05, 0.1) is 16.8 Å². The predicted molar refractivity (Wildman–Crippen MR) is 140 cm³/mol. The average molecular weight is 516 g/mol. The fourth-order valence-electron chi connectivity index (χ4n) is 3.62. The number of rotatable bonds is 8. The second kappa shape index (κ2) is 10.1. The van der Waals surface area contributed by atoms with E-state index in [1.165, 1.54) is 31.2 Å². The Kier molecular flexibility index (Phi) is 7.56. The molecule has 0 bridgehead atoms. The fourth-order valence-corrected chi connectivity index (χ4v) is 5.90. The Morgan fingerprint density at radius 1 is 0.829 bits per heavy atom. The van der Waals surface area contributed by atoms with Gasteiger partial charge in [-0.25, -0.2) is 16.8 Å². The van der Waals surface area contributed by atoms with E-state index >= 15 is 0 Å². The molecule has 0 fully saturated rings. The predicted octanol–water partition coefficient (Wildman–Crippen LogP) is 4.21. The van der Waals surface area contributed by atoms with Crippen molar-refractivity contribution in [2.24, 2.45) is 0 Å². The molecule has 0 saturated carbocycles. The number of amides is 1. The van der Waals surface area contributed by atoms with Crippen LogP contribution in [0.1, 0.15) is 23.6 Å². The summed E-state index contributed by atoms with van der Waals surface area (Å²) in [4.78, 5) is 13.0. The molecule has 186 valence electrons. The summed E-state index contributed by atoms with van der Waals surface area (Å²) in [6.45, 7) is 6.99. The first-order chi connectivity index (χ1) is 16.3. The van der Waals surface area contributed by atoms with E-state index in [0.717, 1.165) is 27.3 Å². The van der Waals surface area contributed by atoms with Crippen LogP contribution in [0.2, 0.25) is 0 Å². The minimum Gasteiger partial charge on any atom is -0.324 e. The Balaban J connectivity index is 1.79. The first-order valence-corrected chi connectivity index (χ1v) is 14.2. The lowest BCUT2D eigenvalue weighted by atomic mass is 10.1. The molecular formula is C25H29N3O5S2. The average Bonchev–Trinajstić information content (AvgIpc) is 2.75. The van der Waals surface area contributed by atoms with E-state index in [9.17, 15) is 21.6 Å². The maximum absolute atomic E-state index is 13.0. The van der Waals surface area contributed by atoms with Gasteiger partial charge in [0.2, 0.25) is 15.9 Å². The highest BCUT2D eigenvalue weighted by atomic mass is 32.2. The maximum Gasteiger partial charge on any atom is 0.261 e. The van der Waals surface area contributed by atoms with Gasteiger partial charge in [-0.2, -0.15) is 0 Å². The molecule has 3 aromatic rings. The fraction of sp³-hybridized carbons (Fsp3) is 0.240. The lowest BCUT2D eigenvalue weighted by Crippen LogP contribution is -2.45. The summed E-state index contributed by atoms with van der Waals surface area (Å²) >= 11 is 0. The topological polar surface area (TPSA) is 113 Å². The van der Waals surface area contributed by atoms with E-state index in [1.54, 1.807) is 37.3 Å². The number of benzene rings is 3. The molecule has 1 amide bonds. The molecule has 0 radical (unpaired) electrons. The molecule has 10 heteroatoms. The van der Waals surface area contributed by atoms with Crippen molar-refractivity contribution in [3.05, 3.63) is 83.4 Å². The first kappa shape index (κ1) is 26.2. The summed E-state index contributed by atoms with van der Waals surface area (Å²) in [7, 11) is -7.59. The number of nitrogens with zero attached hydrogens (tertiary/aromatic N) is 1. The van der Waals surface area contributed by atoms with E-state index < -0.39 is 32.0 Å². The molecule has 0 spiro atoms. The number of carbonyl (C=O) groups excluding carboxylic acids is 1. The van der Waals surface area contributed by atoms with Gasteiger partial charge in [-0.15, -0.1) is 0 Å². The third-order valence-electron chi connectivity index (χ3n) is 5.39. The van der Waals surface area contributed by atoms with Gasteiger partial charge in [-0.1, -0.05) is 24.3 Å². The first-order valence-electron chi connectivity index (χ1n) is 10.8. The Bertz CT molecular complexity index is 1450. The highest BCUT2D eigenvalue weighted by Crippen LogP contribution is 2.27. The third kappa shape index (κ3) is 6.40. The normalized spacial score (nSPS) is 12.6. The zero-order valence-electron chi connectivity index (χ0n) is 20.2. The highest BCUT2D eigenvalue weighted by Gasteiger charge is 2.30. The summed E-state index contributed by atoms with van der Waals surface area (Å²) in [5.74, 6) is -0.551. The second-order valence-corrected chi connectivity index (χ2v) is 12.1. The van der Waals surface area contributed by atoms with Crippen LogP contribution < -0.4 is 14.3 Å². The van der Waals surface area contributed by atoms with Gasteiger partial charge in [0.25, 0.3) is 10.0 Å². The van der Waals surface area contributed by atoms with Gasteiger partial charge in [-0.05, 0) is 86.8 Å². The SMILES string of the molecule is Cc1cccc(NS(=O)(=O)c2ccc(NC(=O)C(C)N(c3cc(C)ccc3C)S(C)(=O)=O)cc2)c1. The molecule has 0 heterocycles.